The van der Waals surface area contributed by atoms with Crippen molar-refractivity contribution in [3.8, 4) is 6.07 Å². The summed E-state index contributed by atoms with van der Waals surface area (Å²) in [6.45, 7) is 6.66. The molecule has 6 nitrogen and oxygen atoms in total. The quantitative estimate of drug-likeness (QED) is 0.407. The lowest BCUT2D eigenvalue weighted by atomic mass is 9.53. The number of esters is 1. The van der Waals surface area contributed by atoms with E-state index < -0.39 is 5.97 Å². The summed E-state index contributed by atoms with van der Waals surface area (Å²) in [5.74, 6) is 1.19. The number of hydrogen-bond acceptors (Lipinski definition) is 4. The van der Waals surface area contributed by atoms with E-state index in [9.17, 15) is 14.9 Å². The maximum absolute atomic E-state index is 12.6. The average molecular weight is 424 g/mol. The zero-order valence-corrected chi connectivity index (χ0v) is 18.9. The van der Waals surface area contributed by atoms with Crippen molar-refractivity contribution in [2.24, 2.45) is 17.8 Å². The second-order valence-electron chi connectivity index (χ2n) is 9.97. The number of amides is 1. The van der Waals surface area contributed by atoms with E-state index in [1.165, 1.54) is 19.3 Å². The first-order valence-electron chi connectivity index (χ1n) is 11.6. The molecule has 1 aromatic rings. The Balaban J connectivity index is 1.36. The molecule has 0 aromatic carbocycles. The number of rotatable bonds is 7. The van der Waals surface area contributed by atoms with Crippen LogP contribution in [0.5, 0.6) is 0 Å². The van der Waals surface area contributed by atoms with Gasteiger partial charge in [-0.05, 0) is 94.3 Å². The van der Waals surface area contributed by atoms with E-state index in [0.29, 0.717) is 0 Å². The Morgan fingerprint density at radius 2 is 1.84 bits per heavy atom. The van der Waals surface area contributed by atoms with Crippen LogP contribution in [0.1, 0.15) is 68.8 Å². The van der Waals surface area contributed by atoms with Crippen LogP contribution in [0.25, 0.3) is 6.08 Å². The lowest BCUT2D eigenvalue weighted by Gasteiger charge is -2.56. The van der Waals surface area contributed by atoms with Crippen LogP contribution >= 0.6 is 0 Å². The highest BCUT2D eigenvalue weighted by Crippen LogP contribution is 2.55. The minimum atomic E-state index is -0.747. The first-order valence-corrected chi connectivity index (χ1v) is 11.6. The van der Waals surface area contributed by atoms with Crippen molar-refractivity contribution < 1.29 is 14.3 Å². The average Bonchev–Trinajstić information content (AvgIpc) is 2.96. The van der Waals surface area contributed by atoms with Gasteiger partial charge in [-0.15, -0.1) is 0 Å². The molecule has 4 fully saturated rings. The molecule has 166 valence electrons. The summed E-state index contributed by atoms with van der Waals surface area (Å²) in [4.78, 5) is 25.1. The molecule has 1 heterocycles. The van der Waals surface area contributed by atoms with Crippen LogP contribution in [0.3, 0.4) is 0 Å². The first-order chi connectivity index (χ1) is 14.8. The van der Waals surface area contributed by atoms with Crippen molar-refractivity contribution in [2.45, 2.75) is 77.8 Å². The Kier molecular flexibility index (Phi) is 5.96. The van der Waals surface area contributed by atoms with E-state index in [1.54, 1.807) is 6.08 Å². The fourth-order valence-corrected chi connectivity index (χ4v) is 6.64. The second kappa shape index (κ2) is 8.53. The standard InChI is InChI=1S/C25H33N3O3/c1-4-5-28-16(2)6-21(17(28)3)10-22(14-26)24(30)31-15-23(29)27-25-11-18-7-19(12-25)9-20(8-18)13-25/h6,10,18-20H,4-5,7-9,11-13,15H2,1-3H3,(H,27,29). The van der Waals surface area contributed by atoms with Gasteiger partial charge in [-0.1, -0.05) is 6.92 Å². The van der Waals surface area contributed by atoms with Crippen LogP contribution in [-0.2, 0) is 20.9 Å². The number of aryl methyl sites for hydroxylation is 1. The molecular formula is C25H33N3O3. The van der Waals surface area contributed by atoms with Gasteiger partial charge < -0.3 is 14.6 Å². The van der Waals surface area contributed by atoms with Crippen molar-refractivity contribution in [3.63, 3.8) is 0 Å². The molecule has 4 bridgehead atoms. The van der Waals surface area contributed by atoms with E-state index in [0.717, 1.165) is 66.9 Å². The van der Waals surface area contributed by atoms with Gasteiger partial charge in [0.15, 0.2) is 6.61 Å². The third kappa shape index (κ3) is 4.42. The summed E-state index contributed by atoms with van der Waals surface area (Å²) >= 11 is 0. The molecule has 31 heavy (non-hydrogen) atoms. The van der Waals surface area contributed by atoms with Gasteiger partial charge in [0, 0.05) is 23.5 Å². The summed E-state index contributed by atoms with van der Waals surface area (Å²) in [6, 6.07) is 3.90. The van der Waals surface area contributed by atoms with Gasteiger partial charge in [-0.2, -0.15) is 5.26 Å². The molecule has 5 rings (SSSR count). The largest absolute Gasteiger partial charge is 0.451 e. The van der Waals surface area contributed by atoms with Crippen molar-refractivity contribution in [1.29, 1.82) is 5.26 Å². The lowest BCUT2D eigenvalue weighted by molar-refractivity contribution is -0.146. The predicted octanol–water partition coefficient (Wildman–Crippen LogP) is 4.05. The molecule has 0 saturated heterocycles. The molecule has 6 heteroatoms. The van der Waals surface area contributed by atoms with Crippen LogP contribution < -0.4 is 5.32 Å². The van der Waals surface area contributed by atoms with Crippen molar-refractivity contribution in [2.75, 3.05) is 6.61 Å². The third-order valence-electron chi connectivity index (χ3n) is 7.48. The predicted molar refractivity (Wildman–Crippen MR) is 118 cm³/mol. The van der Waals surface area contributed by atoms with E-state index in [2.05, 4.69) is 16.8 Å². The second-order valence-corrected chi connectivity index (χ2v) is 9.97. The Bertz CT molecular complexity index is 915. The molecule has 0 atom stereocenters. The number of nitriles is 1. The number of ether oxygens (including phenoxy) is 1. The molecule has 0 spiro atoms. The van der Waals surface area contributed by atoms with Gasteiger partial charge in [0.25, 0.3) is 5.91 Å². The van der Waals surface area contributed by atoms with Crippen LogP contribution in [0.2, 0.25) is 0 Å². The summed E-state index contributed by atoms with van der Waals surface area (Å²) in [5, 5.41) is 12.7. The highest BCUT2D eigenvalue weighted by atomic mass is 16.5. The highest BCUT2D eigenvalue weighted by Gasteiger charge is 2.51. The van der Waals surface area contributed by atoms with E-state index in [1.807, 2.05) is 26.0 Å². The molecule has 4 aliphatic rings. The van der Waals surface area contributed by atoms with Gasteiger partial charge in [0.1, 0.15) is 11.6 Å². The van der Waals surface area contributed by atoms with Gasteiger partial charge in [-0.3, -0.25) is 4.79 Å². The minimum Gasteiger partial charge on any atom is -0.451 e. The summed E-state index contributed by atoms with van der Waals surface area (Å²) in [7, 11) is 0. The number of aromatic nitrogens is 1. The number of carbonyl (C=O) groups is 2. The van der Waals surface area contributed by atoms with Crippen LogP contribution in [0.15, 0.2) is 11.6 Å². The number of hydrogen-bond donors (Lipinski definition) is 1. The summed E-state index contributed by atoms with van der Waals surface area (Å²) < 4.78 is 7.39. The Hall–Kier alpha value is -2.55. The Labute approximate surface area is 184 Å². The Morgan fingerprint density at radius 1 is 1.23 bits per heavy atom. The van der Waals surface area contributed by atoms with Crippen LogP contribution in [0, 0.1) is 42.9 Å². The van der Waals surface area contributed by atoms with E-state index in [4.69, 9.17) is 4.74 Å². The van der Waals surface area contributed by atoms with Gasteiger partial charge in [0.05, 0.1) is 0 Å². The van der Waals surface area contributed by atoms with Gasteiger partial charge >= 0.3 is 5.97 Å². The molecule has 4 aliphatic carbocycles. The molecular weight excluding hydrogens is 390 g/mol. The fraction of sp³-hybridized carbons (Fsp3) is 0.640. The van der Waals surface area contributed by atoms with Crippen molar-refractivity contribution >= 4 is 18.0 Å². The molecule has 4 saturated carbocycles. The molecule has 0 radical (unpaired) electrons. The number of nitrogens with one attached hydrogen (secondary N) is 1. The van der Waals surface area contributed by atoms with Gasteiger partial charge in [0.2, 0.25) is 0 Å². The van der Waals surface area contributed by atoms with E-state index in [-0.39, 0.29) is 23.6 Å². The smallest absolute Gasteiger partial charge is 0.349 e. The van der Waals surface area contributed by atoms with Crippen molar-refractivity contribution in [3.05, 3.63) is 28.6 Å². The normalized spacial score (nSPS) is 29.0. The maximum atomic E-state index is 12.6. The first kappa shape index (κ1) is 21.7. The Morgan fingerprint density at radius 3 is 2.39 bits per heavy atom. The maximum Gasteiger partial charge on any atom is 0.349 e. The lowest BCUT2D eigenvalue weighted by Crippen LogP contribution is -2.60. The van der Waals surface area contributed by atoms with E-state index >= 15 is 0 Å². The molecule has 1 N–H and O–H groups in total. The highest BCUT2D eigenvalue weighted by molar-refractivity contribution is 5.99. The SMILES string of the molecule is CCCn1c(C)cc(C=C(C#N)C(=O)OCC(=O)NC23CC4CC(CC(C4)C2)C3)c1C. The zero-order valence-electron chi connectivity index (χ0n) is 18.9. The zero-order chi connectivity index (χ0) is 22.2. The monoisotopic (exact) mass is 423 g/mol. The molecule has 0 aliphatic heterocycles. The number of carbonyl (C=O) groups excluding carboxylic acids is 2. The molecule has 1 aromatic heterocycles. The third-order valence-corrected chi connectivity index (χ3v) is 7.48. The number of nitrogens with zero attached hydrogens (tertiary/aromatic N) is 2. The van der Waals surface area contributed by atoms with Gasteiger partial charge in [-0.25, -0.2) is 4.79 Å². The minimum absolute atomic E-state index is 0.0839. The molecule has 1 amide bonds. The molecule has 0 unspecified atom stereocenters. The van der Waals surface area contributed by atoms with Crippen LogP contribution in [-0.4, -0.2) is 28.6 Å². The topological polar surface area (TPSA) is 84.1 Å². The van der Waals surface area contributed by atoms with Crippen LogP contribution in [0.4, 0.5) is 0 Å². The fourth-order valence-electron chi connectivity index (χ4n) is 6.64. The summed E-state index contributed by atoms with van der Waals surface area (Å²) in [5.41, 5.74) is 2.74. The summed E-state index contributed by atoms with van der Waals surface area (Å²) in [6.07, 6.45) is 9.64. The van der Waals surface area contributed by atoms with Crippen molar-refractivity contribution in [1.82, 2.24) is 9.88 Å².